The van der Waals surface area contributed by atoms with Gasteiger partial charge < -0.3 is 10.6 Å². The lowest BCUT2D eigenvalue weighted by atomic mass is 10.1. The van der Waals surface area contributed by atoms with Crippen LogP contribution in [0.15, 0.2) is 30.3 Å². The number of rotatable bonds is 8. The lowest BCUT2D eigenvalue weighted by molar-refractivity contribution is -0.120. The summed E-state index contributed by atoms with van der Waals surface area (Å²) >= 11 is 0. The molecule has 17 heavy (non-hydrogen) atoms. The summed E-state index contributed by atoms with van der Waals surface area (Å²) in [6, 6.07) is 10.3. The molecule has 0 radical (unpaired) electrons. The highest BCUT2D eigenvalue weighted by Crippen LogP contribution is 2.01. The molecule has 0 spiro atoms. The van der Waals surface area contributed by atoms with Gasteiger partial charge in [0.2, 0.25) is 5.91 Å². The van der Waals surface area contributed by atoms with Gasteiger partial charge in [-0.25, -0.2) is 0 Å². The molecule has 0 aliphatic heterocycles. The van der Waals surface area contributed by atoms with Gasteiger partial charge >= 0.3 is 0 Å². The Hall–Kier alpha value is -1.35. The van der Waals surface area contributed by atoms with E-state index in [9.17, 15) is 4.79 Å². The maximum Gasteiger partial charge on any atom is 0.221 e. The minimum atomic E-state index is 0.138. The molecule has 0 bridgehead atoms. The van der Waals surface area contributed by atoms with E-state index in [2.05, 4.69) is 22.8 Å². The fourth-order valence-corrected chi connectivity index (χ4v) is 1.63. The largest absolute Gasteiger partial charge is 0.356 e. The van der Waals surface area contributed by atoms with Gasteiger partial charge in [-0.05, 0) is 24.9 Å². The van der Waals surface area contributed by atoms with Crippen molar-refractivity contribution in [2.75, 3.05) is 19.6 Å². The summed E-state index contributed by atoms with van der Waals surface area (Å²) in [4.78, 5) is 11.4. The second-order valence-corrected chi connectivity index (χ2v) is 4.04. The molecule has 1 aromatic carbocycles. The SMILES string of the molecule is CCNCCC(=O)NCCCc1ccccc1. The van der Waals surface area contributed by atoms with Crippen LogP contribution < -0.4 is 10.6 Å². The number of carbonyl (C=O) groups excluding carboxylic acids is 1. The zero-order valence-corrected chi connectivity index (χ0v) is 10.5. The van der Waals surface area contributed by atoms with Gasteiger partial charge in [0.15, 0.2) is 0 Å². The first-order chi connectivity index (χ1) is 8.33. The van der Waals surface area contributed by atoms with Crippen LogP contribution in [0.1, 0.15) is 25.3 Å². The Morgan fingerprint density at radius 2 is 1.94 bits per heavy atom. The molecule has 0 saturated carbocycles. The smallest absolute Gasteiger partial charge is 0.221 e. The van der Waals surface area contributed by atoms with E-state index in [4.69, 9.17) is 0 Å². The summed E-state index contributed by atoms with van der Waals surface area (Å²) < 4.78 is 0. The fourth-order valence-electron chi connectivity index (χ4n) is 1.63. The molecule has 0 heterocycles. The van der Waals surface area contributed by atoms with E-state index in [1.807, 2.05) is 25.1 Å². The third-order valence-corrected chi connectivity index (χ3v) is 2.59. The molecule has 1 rings (SSSR count). The molecule has 94 valence electrons. The average molecular weight is 234 g/mol. The number of nitrogens with one attached hydrogen (secondary N) is 2. The Labute approximate surface area is 104 Å². The van der Waals surface area contributed by atoms with Gasteiger partial charge in [-0.3, -0.25) is 4.79 Å². The Morgan fingerprint density at radius 3 is 2.65 bits per heavy atom. The zero-order valence-electron chi connectivity index (χ0n) is 10.5. The molecule has 0 atom stereocenters. The fraction of sp³-hybridized carbons (Fsp3) is 0.500. The van der Waals surface area contributed by atoms with Gasteiger partial charge in [0.1, 0.15) is 0 Å². The van der Waals surface area contributed by atoms with Crippen molar-refractivity contribution >= 4 is 5.91 Å². The number of hydrogen-bond donors (Lipinski definition) is 2. The van der Waals surface area contributed by atoms with Gasteiger partial charge in [-0.2, -0.15) is 0 Å². The van der Waals surface area contributed by atoms with E-state index in [-0.39, 0.29) is 5.91 Å². The van der Waals surface area contributed by atoms with Crippen LogP contribution in [0.2, 0.25) is 0 Å². The molecular formula is C14H22N2O. The Bertz CT molecular complexity index is 311. The highest BCUT2D eigenvalue weighted by molar-refractivity contribution is 5.75. The molecule has 2 N–H and O–H groups in total. The molecule has 1 amide bonds. The molecule has 0 fully saturated rings. The van der Waals surface area contributed by atoms with E-state index < -0.39 is 0 Å². The van der Waals surface area contributed by atoms with Gasteiger partial charge in [-0.15, -0.1) is 0 Å². The molecule has 0 unspecified atom stereocenters. The Morgan fingerprint density at radius 1 is 1.18 bits per heavy atom. The van der Waals surface area contributed by atoms with E-state index >= 15 is 0 Å². The Kier molecular flexibility index (Phi) is 7.07. The number of hydrogen-bond acceptors (Lipinski definition) is 2. The summed E-state index contributed by atoms with van der Waals surface area (Å²) in [5.41, 5.74) is 1.33. The highest BCUT2D eigenvalue weighted by Gasteiger charge is 1.99. The van der Waals surface area contributed by atoms with Crippen molar-refractivity contribution in [2.45, 2.75) is 26.2 Å². The molecule has 0 saturated heterocycles. The van der Waals surface area contributed by atoms with Crippen LogP contribution in [0.25, 0.3) is 0 Å². The number of aryl methyl sites for hydroxylation is 1. The molecule has 0 aliphatic carbocycles. The van der Waals surface area contributed by atoms with Crippen LogP contribution in [0.5, 0.6) is 0 Å². The summed E-state index contributed by atoms with van der Waals surface area (Å²) in [6.45, 7) is 4.49. The first kappa shape index (κ1) is 13.7. The first-order valence-corrected chi connectivity index (χ1v) is 6.34. The maximum absolute atomic E-state index is 11.4. The third kappa shape index (κ3) is 6.74. The van der Waals surface area contributed by atoms with Crippen molar-refractivity contribution in [1.29, 1.82) is 0 Å². The van der Waals surface area contributed by atoms with Crippen molar-refractivity contribution in [3.63, 3.8) is 0 Å². The van der Waals surface area contributed by atoms with Crippen molar-refractivity contribution in [3.8, 4) is 0 Å². The maximum atomic E-state index is 11.4. The number of amides is 1. The van der Waals surface area contributed by atoms with E-state index in [0.717, 1.165) is 32.5 Å². The summed E-state index contributed by atoms with van der Waals surface area (Å²) in [5, 5.41) is 6.07. The third-order valence-electron chi connectivity index (χ3n) is 2.59. The van der Waals surface area contributed by atoms with Gasteiger partial charge in [0.05, 0.1) is 0 Å². The Balaban J connectivity index is 2.02. The summed E-state index contributed by atoms with van der Waals surface area (Å²) in [5.74, 6) is 0.138. The standard InChI is InChI=1S/C14H22N2O/c1-2-15-12-10-14(17)16-11-6-9-13-7-4-3-5-8-13/h3-5,7-8,15H,2,6,9-12H2,1H3,(H,16,17). The number of benzene rings is 1. The molecule has 0 aliphatic rings. The van der Waals surface area contributed by atoms with Crippen LogP contribution in [-0.4, -0.2) is 25.5 Å². The summed E-state index contributed by atoms with van der Waals surface area (Å²) in [6.07, 6.45) is 2.59. The van der Waals surface area contributed by atoms with Crippen LogP contribution in [0.4, 0.5) is 0 Å². The second kappa shape index (κ2) is 8.76. The highest BCUT2D eigenvalue weighted by atomic mass is 16.1. The lowest BCUT2D eigenvalue weighted by Crippen LogP contribution is -2.28. The molecule has 3 heteroatoms. The van der Waals surface area contributed by atoms with Gasteiger partial charge in [-0.1, -0.05) is 37.3 Å². The van der Waals surface area contributed by atoms with E-state index in [1.54, 1.807) is 0 Å². The van der Waals surface area contributed by atoms with Crippen molar-refractivity contribution in [2.24, 2.45) is 0 Å². The second-order valence-electron chi connectivity index (χ2n) is 4.04. The minimum Gasteiger partial charge on any atom is -0.356 e. The summed E-state index contributed by atoms with van der Waals surface area (Å²) in [7, 11) is 0. The molecule has 3 nitrogen and oxygen atoms in total. The predicted molar refractivity (Wildman–Crippen MR) is 70.9 cm³/mol. The molecule has 0 aromatic heterocycles. The van der Waals surface area contributed by atoms with Crippen molar-refractivity contribution < 1.29 is 4.79 Å². The van der Waals surface area contributed by atoms with E-state index in [1.165, 1.54) is 5.56 Å². The van der Waals surface area contributed by atoms with Gasteiger partial charge in [0.25, 0.3) is 0 Å². The minimum absolute atomic E-state index is 0.138. The molecular weight excluding hydrogens is 212 g/mol. The van der Waals surface area contributed by atoms with Crippen LogP contribution in [0, 0.1) is 0 Å². The van der Waals surface area contributed by atoms with Crippen molar-refractivity contribution in [1.82, 2.24) is 10.6 Å². The van der Waals surface area contributed by atoms with Crippen LogP contribution in [-0.2, 0) is 11.2 Å². The van der Waals surface area contributed by atoms with E-state index in [0.29, 0.717) is 6.42 Å². The molecule has 1 aromatic rings. The zero-order chi connectivity index (χ0) is 12.3. The topological polar surface area (TPSA) is 41.1 Å². The monoisotopic (exact) mass is 234 g/mol. The average Bonchev–Trinajstić information content (AvgIpc) is 2.36. The quantitative estimate of drug-likeness (QED) is 0.673. The van der Waals surface area contributed by atoms with Crippen molar-refractivity contribution in [3.05, 3.63) is 35.9 Å². The van der Waals surface area contributed by atoms with Crippen LogP contribution in [0.3, 0.4) is 0 Å². The number of carbonyl (C=O) groups is 1. The lowest BCUT2D eigenvalue weighted by Gasteiger charge is -2.05. The van der Waals surface area contributed by atoms with Gasteiger partial charge in [0, 0.05) is 19.5 Å². The normalized spacial score (nSPS) is 10.2. The van der Waals surface area contributed by atoms with Crippen LogP contribution >= 0.6 is 0 Å². The first-order valence-electron chi connectivity index (χ1n) is 6.34. The predicted octanol–water partition coefficient (Wildman–Crippen LogP) is 1.73.